The van der Waals surface area contributed by atoms with Crippen molar-refractivity contribution in [3.63, 3.8) is 0 Å². The van der Waals surface area contributed by atoms with Crippen molar-refractivity contribution >= 4 is 27.5 Å². The standard InChI is InChI=1S/C15H21BrN2O/c1-2-4-15(19)17-10-12-7-8-18(11-12)14-6-3-5-13(16)9-14/h3,5-6,9,12H,2,4,7-8,10-11H2,1H3,(H,17,19)/t12-/m1/s1. The van der Waals surface area contributed by atoms with Gasteiger partial charge in [0.25, 0.3) is 0 Å². The van der Waals surface area contributed by atoms with Crippen LogP contribution < -0.4 is 10.2 Å². The number of anilines is 1. The van der Waals surface area contributed by atoms with Gasteiger partial charge in [0.15, 0.2) is 0 Å². The summed E-state index contributed by atoms with van der Waals surface area (Å²) in [6.07, 6.45) is 2.71. The van der Waals surface area contributed by atoms with Gasteiger partial charge in [0, 0.05) is 36.2 Å². The predicted octanol–water partition coefficient (Wildman–Crippen LogP) is 3.19. The van der Waals surface area contributed by atoms with Crippen molar-refractivity contribution in [3.8, 4) is 0 Å². The van der Waals surface area contributed by atoms with Crippen LogP contribution in [0.3, 0.4) is 0 Å². The lowest BCUT2D eigenvalue weighted by Crippen LogP contribution is -2.30. The van der Waals surface area contributed by atoms with Gasteiger partial charge in [-0.05, 0) is 37.0 Å². The molecule has 1 heterocycles. The van der Waals surface area contributed by atoms with E-state index in [4.69, 9.17) is 0 Å². The van der Waals surface area contributed by atoms with Gasteiger partial charge >= 0.3 is 0 Å². The number of amides is 1. The molecule has 4 heteroatoms. The summed E-state index contributed by atoms with van der Waals surface area (Å²) in [6.45, 7) is 4.95. The zero-order valence-electron chi connectivity index (χ0n) is 11.4. The molecule has 0 spiro atoms. The summed E-state index contributed by atoms with van der Waals surface area (Å²) < 4.78 is 1.12. The average molecular weight is 325 g/mol. The minimum Gasteiger partial charge on any atom is -0.371 e. The van der Waals surface area contributed by atoms with E-state index in [2.05, 4.69) is 44.3 Å². The minimum atomic E-state index is 0.184. The molecule has 19 heavy (non-hydrogen) atoms. The van der Waals surface area contributed by atoms with Gasteiger partial charge < -0.3 is 10.2 Å². The number of carbonyl (C=O) groups excluding carboxylic acids is 1. The number of rotatable bonds is 5. The molecular weight excluding hydrogens is 304 g/mol. The second-order valence-electron chi connectivity index (χ2n) is 5.13. The van der Waals surface area contributed by atoms with E-state index in [1.165, 1.54) is 5.69 Å². The van der Waals surface area contributed by atoms with Crippen molar-refractivity contribution in [2.75, 3.05) is 24.5 Å². The van der Waals surface area contributed by atoms with E-state index in [1.807, 2.05) is 13.0 Å². The highest BCUT2D eigenvalue weighted by atomic mass is 79.9. The third-order valence-corrected chi connectivity index (χ3v) is 4.02. The number of nitrogens with one attached hydrogen (secondary N) is 1. The average Bonchev–Trinajstić information content (AvgIpc) is 2.85. The van der Waals surface area contributed by atoms with Crippen molar-refractivity contribution < 1.29 is 4.79 Å². The van der Waals surface area contributed by atoms with Crippen molar-refractivity contribution in [1.82, 2.24) is 5.32 Å². The Balaban J connectivity index is 1.81. The van der Waals surface area contributed by atoms with Crippen LogP contribution in [-0.2, 0) is 4.79 Å². The van der Waals surface area contributed by atoms with Crippen LogP contribution in [0.4, 0.5) is 5.69 Å². The Hall–Kier alpha value is -1.03. The molecule has 1 aromatic rings. The Morgan fingerprint density at radius 1 is 1.53 bits per heavy atom. The number of carbonyl (C=O) groups is 1. The fraction of sp³-hybridized carbons (Fsp3) is 0.533. The predicted molar refractivity (Wildman–Crippen MR) is 82.4 cm³/mol. The third kappa shape index (κ3) is 4.23. The van der Waals surface area contributed by atoms with Crippen LogP contribution in [0.2, 0.25) is 0 Å². The van der Waals surface area contributed by atoms with Crippen LogP contribution in [0.15, 0.2) is 28.7 Å². The highest BCUT2D eigenvalue weighted by Gasteiger charge is 2.22. The van der Waals surface area contributed by atoms with Crippen LogP contribution in [0.25, 0.3) is 0 Å². The number of halogens is 1. The van der Waals surface area contributed by atoms with E-state index in [-0.39, 0.29) is 5.91 Å². The van der Waals surface area contributed by atoms with Gasteiger partial charge in [0.2, 0.25) is 5.91 Å². The molecule has 0 unspecified atom stereocenters. The third-order valence-electron chi connectivity index (χ3n) is 3.52. The number of hydrogen-bond donors (Lipinski definition) is 1. The number of benzene rings is 1. The van der Waals surface area contributed by atoms with Gasteiger partial charge in [0.1, 0.15) is 0 Å². The molecular formula is C15H21BrN2O. The normalized spacial score (nSPS) is 18.6. The Morgan fingerprint density at radius 2 is 2.37 bits per heavy atom. The topological polar surface area (TPSA) is 32.3 Å². The van der Waals surface area contributed by atoms with Crippen molar-refractivity contribution in [3.05, 3.63) is 28.7 Å². The van der Waals surface area contributed by atoms with Crippen LogP contribution in [0.1, 0.15) is 26.2 Å². The first-order valence-corrected chi connectivity index (χ1v) is 7.75. The lowest BCUT2D eigenvalue weighted by molar-refractivity contribution is -0.121. The van der Waals surface area contributed by atoms with Crippen LogP contribution in [0.5, 0.6) is 0 Å². The molecule has 1 saturated heterocycles. The molecule has 104 valence electrons. The minimum absolute atomic E-state index is 0.184. The number of nitrogens with zero attached hydrogens (tertiary/aromatic N) is 1. The lowest BCUT2D eigenvalue weighted by Gasteiger charge is -2.19. The fourth-order valence-electron chi connectivity index (χ4n) is 2.48. The quantitative estimate of drug-likeness (QED) is 0.902. The molecule has 1 atom stereocenters. The maximum atomic E-state index is 11.5. The van der Waals surface area contributed by atoms with Gasteiger partial charge in [-0.1, -0.05) is 28.9 Å². The molecule has 1 fully saturated rings. The molecule has 1 aliphatic rings. The molecule has 0 aliphatic carbocycles. The maximum Gasteiger partial charge on any atom is 0.219 e. The summed E-state index contributed by atoms with van der Waals surface area (Å²) in [7, 11) is 0. The van der Waals surface area contributed by atoms with E-state index in [9.17, 15) is 4.79 Å². The van der Waals surface area contributed by atoms with Gasteiger partial charge in [-0.15, -0.1) is 0 Å². The Morgan fingerprint density at radius 3 is 3.11 bits per heavy atom. The van der Waals surface area contributed by atoms with Crippen LogP contribution >= 0.6 is 15.9 Å². The molecule has 1 amide bonds. The lowest BCUT2D eigenvalue weighted by atomic mass is 10.1. The van der Waals surface area contributed by atoms with Crippen LogP contribution in [0, 0.1) is 5.92 Å². The first kappa shape index (κ1) is 14.4. The van der Waals surface area contributed by atoms with E-state index in [0.29, 0.717) is 12.3 Å². The molecule has 1 aromatic carbocycles. The molecule has 2 rings (SSSR count). The highest BCUT2D eigenvalue weighted by molar-refractivity contribution is 9.10. The summed E-state index contributed by atoms with van der Waals surface area (Å²) in [5, 5.41) is 3.03. The first-order chi connectivity index (χ1) is 9.19. The molecule has 0 saturated carbocycles. The second kappa shape index (κ2) is 6.94. The molecule has 1 N–H and O–H groups in total. The summed E-state index contributed by atoms with van der Waals surface area (Å²) in [5.41, 5.74) is 1.26. The fourth-order valence-corrected chi connectivity index (χ4v) is 2.87. The molecule has 3 nitrogen and oxygen atoms in total. The first-order valence-electron chi connectivity index (χ1n) is 6.96. The summed E-state index contributed by atoms with van der Waals surface area (Å²) in [4.78, 5) is 13.9. The zero-order chi connectivity index (χ0) is 13.7. The molecule has 1 aliphatic heterocycles. The Bertz CT molecular complexity index is 436. The molecule has 0 bridgehead atoms. The summed E-state index contributed by atoms with van der Waals surface area (Å²) >= 11 is 3.51. The van der Waals surface area contributed by atoms with Crippen molar-refractivity contribution in [2.45, 2.75) is 26.2 Å². The van der Waals surface area contributed by atoms with Gasteiger partial charge in [-0.2, -0.15) is 0 Å². The van der Waals surface area contributed by atoms with Crippen LogP contribution in [-0.4, -0.2) is 25.5 Å². The number of hydrogen-bond acceptors (Lipinski definition) is 2. The van der Waals surface area contributed by atoms with E-state index in [1.54, 1.807) is 0 Å². The van der Waals surface area contributed by atoms with Crippen molar-refractivity contribution in [1.29, 1.82) is 0 Å². The SMILES string of the molecule is CCCC(=O)NC[C@H]1CCN(c2cccc(Br)c2)C1. The molecule has 0 aromatic heterocycles. The van der Waals surface area contributed by atoms with E-state index < -0.39 is 0 Å². The largest absolute Gasteiger partial charge is 0.371 e. The molecule has 0 radical (unpaired) electrons. The van der Waals surface area contributed by atoms with Gasteiger partial charge in [-0.3, -0.25) is 4.79 Å². The van der Waals surface area contributed by atoms with Gasteiger partial charge in [-0.25, -0.2) is 0 Å². The monoisotopic (exact) mass is 324 g/mol. The van der Waals surface area contributed by atoms with Gasteiger partial charge in [0.05, 0.1) is 0 Å². The van der Waals surface area contributed by atoms with Crippen molar-refractivity contribution in [2.24, 2.45) is 5.92 Å². The second-order valence-corrected chi connectivity index (χ2v) is 6.05. The Kier molecular flexibility index (Phi) is 5.25. The Labute approximate surface area is 123 Å². The maximum absolute atomic E-state index is 11.5. The highest BCUT2D eigenvalue weighted by Crippen LogP contribution is 2.25. The van der Waals surface area contributed by atoms with E-state index >= 15 is 0 Å². The smallest absolute Gasteiger partial charge is 0.219 e. The zero-order valence-corrected chi connectivity index (χ0v) is 12.9. The summed E-state index contributed by atoms with van der Waals surface area (Å²) in [5.74, 6) is 0.753. The van der Waals surface area contributed by atoms with E-state index in [0.717, 1.165) is 36.9 Å². The summed E-state index contributed by atoms with van der Waals surface area (Å²) in [6, 6.07) is 8.40.